The lowest BCUT2D eigenvalue weighted by Crippen LogP contribution is -2.18. The topological polar surface area (TPSA) is 71.8 Å². The van der Waals surface area contributed by atoms with Gasteiger partial charge in [0.25, 0.3) is 0 Å². The van der Waals surface area contributed by atoms with Gasteiger partial charge in [-0.3, -0.25) is 10.2 Å². The van der Waals surface area contributed by atoms with Crippen LogP contribution in [0.4, 0.5) is 10.5 Å². The molecule has 0 fully saturated rings. The zero-order valence-corrected chi connectivity index (χ0v) is 16.3. The third-order valence-electron chi connectivity index (χ3n) is 4.37. The van der Waals surface area contributed by atoms with Gasteiger partial charge in [-0.2, -0.15) is 0 Å². The first-order valence-electron chi connectivity index (χ1n) is 9.19. The normalized spacial score (nSPS) is 11.0. The molecule has 1 amide bonds. The quantitative estimate of drug-likeness (QED) is 0.646. The predicted octanol–water partition coefficient (Wildman–Crippen LogP) is 4.30. The van der Waals surface area contributed by atoms with E-state index in [0.717, 1.165) is 17.5 Å². The Balaban J connectivity index is 1.81. The van der Waals surface area contributed by atoms with E-state index in [0.29, 0.717) is 17.8 Å². The number of amides is 1. The zero-order chi connectivity index (χ0) is 20.1. The van der Waals surface area contributed by atoms with E-state index in [2.05, 4.69) is 41.4 Å². The van der Waals surface area contributed by atoms with Crippen molar-refractivity contribution in [1.29, 1.82) is 0 Å². The molecule has 0 atom stereocenters. The Kier molecular flexibility index (Phi) is 6.11. The first-order chi connectivity index (χ1) is 13.4. The Bertz CT molecular complexity index is 1020. The minimum absolute atomic E-state index is 0.284. The van der Waals surface area contributed by atoms with Crippen molar-refractivity contribution in [3.63, 3.8) is 0 Å². The highest BCUT2D eigenvalue weighted by Gasteiger charge is 2.11. The average molecular weight is 380 g/mol. The lowest BCUT2D eigenvalue weighted by Gasteiger charge is -2.18. The Morgan fingerprint density at radius 1 is 1.11 bits per heavy atom. The first-order valence-corrected chi connectivity index (χ1v) is 9.19. The van der Waals surface area contributed by atoms with Crippen LogP contribution in [-0.4, -0.2) is 24.6 Å². The number of ether oxygens (including phenoxy) is 1. The van der Waals surface area contributed by atoms with Crippen LogP contribution in [0.2, 0.25) is 0 Å². The predicted molar refractivity (Wildman–Crippen MR) is 109 cm³/mol. The van der Waals surface area contributed by atoms with E-state index in [-0.39, 0.29) is 6.61 Å². The second kappa shape index (κ2) is 8.71. The van der Waals surface area contributed by atoms with E-state index in [1.807, 2.05) is 13.1 Å². The molecule has 6 nitrogen and oxygen atoms in total. The fraction of sp³-hybridized carbons (Fsp3) is 0.273. The number of fused-ring (bicyclic) bond motifs is 1. The molecule has 3 rings (SSSR count). The minimum atomic E-state index is -0.543. The van der Waals surface area contributed by atoms with Gasteiger partial charge in [0.05, 0.1) is 6.61 Å². The fourth-order valence-electron chi connectivity index (χ4n) is 3.08. The summed E-state index contributed by atoms with van der Waals surface area (Å²) in [5.41, 5.74) is 3.84. The van der Waals surface area contributed by atoms with E-state index >= 15 is 0 Å². The van der Waals surface area contributed by atoms with Gasteiger partial charge in [0.2, 0.25) is 0 Å². The highest BCUT2D eigenvalue weighted by atomic mass is 16.5. The van der Waals surface area contributed by atoms with Crippen LogP contribution in [0, 0.1) is 6.92 Å². The molecule has 1 N–H and O–H groups in total. The van der Waals surface area contributed by atoms with Gasteiger partial charge in [-0.05, 0) is 44.2 Å². The van der Waals surface area contributed by atoms with Gasteiger partial charge in [-0.25, -0.2) is 9.59 Å². The second-order valence-corrected chi connectivity index (χ2v) is 6.80. The van der Waals surface area contributed by atoms with Crippen molar-refractivity contribution in [3.05, 3.63) is 75.6 Å². The van der Waals surface area contributed by atoms with Crippen LogP contribution in [0.25, 0.3) is 11.0 Å². The third kappa shape index (κ3) is 4.98. The number of carbonyl (C=O) groups is 1. The Morgan fingerprint density at radius 2 is 1.86 bits per heavy atom. The maximum Gasteiger partial charge on any atom is 0.411 e. The fourth-order valence-corrected chi connectivity index (χ4v) is 3.08. The molecule has 0 unspecified atom stereocenters. The molecule has 0 bridgehead atoms. The summed E-state index contributed by atoms with van der Waals surface area (Å²) in [6.45, 7) is 5.45. The van der Waals surface area contributed by atoms with Crippen molar-refractivity contribution in [3.8, 4) is 0 Å². The van der Waals surface area contributed by atoms with E-state index in [1.54, 1.807) is 19.1 Å². The van der Waals surface area contributed by atoms with Crippen LogP contribution in [0.5, 0.6) is 0 Å². The van der Waals surface area contributed by atoms with Crippen LogP contribution >= 0.6 is 0 Å². The van der Waals surface area contributed by atoms with Crippen LogP contribution in [0.1, 0.15) is 23.6 Å². The van der Waals surface area contributed by atoms with Gasteiger partial charge >= 0.3 is 11.7 Å². The SMILES string of the molecule is CCOC(=O)Nc1ccc2c(CN(C)Cc3ccc(C)cc3)cc(=O)oc2c1. The number of nitrogens with one attached hydrogen (secondary N) is 1. The Hall–Kier alpha value is -3.12. The number of carbonyl (C=O) groups excluding carboxylic acids is 1. The molecule has 0 radical (unpaired) electrons. The maximum absolute atomic E-state index is 12.0. The van der Waals surface area contributed by atoms with Crippen molar-refractivity contribution >= 4 is 22.7 Å². The monoisotopic (exact) mass is 380 g/mol. The van der Waals surface area contributed by atoms with Crippen LogP contribution in [0.15, 0.2) is 57.7 Å². The lowest BCUT2D eigenvalue weighted by molar-refractivity contribution is 0.168. The van der Waals surface area contributed by atoms with Gasteiger partial charge in [0.1, 0.15) is 5.58 Å². The molecule has 146 valence electrons. The summed E-state index contributed by atoms with van der Waals surface area (Å²) in [7, 11) is 2.01. The Morgan fingerprint density at radius 3 is 2.57 bits per heavy atom. The van der Waals surface area contributed by atoms with Gasteiger partial charge in [-0.1, -0.05) is 29.8 Å². The van der Waals surface area contributed by atoms with Gasteiger partial charge in [0.15, 0.2) is 0 Å². The molecule has 1 heterocycles. The zero-order valence-electron chi connectivity index (χ0n) is 16.3. The molecule has 0 aliphatic heterocycles. The molecular formula is C22H24N2O4. The average Bonchev–Trinajstić information content (AvgIpc) is 2.63. The number of hydrogen-bond donors (Lipinski definition) is 1. The molecule has 1 aromatic heterocycles. The molecule has 28 heavy (non-hydrogen) atoms. The Labute approximate surface area is 163 Å². The molecular weight excluding hydrogens is 356 g/mol. The van der Waals surface area contributed by atoms with E-state index < -0.39 is 11.7 Å². The van der Waals surface area contributed by atoms with Crippen molar-refractivity contribution in [2.75, 3.05) is 19.0 Å². The van der Waals surface area contributed by atoms with Gasteiger partial charge in [0, 0.05) is 36.3 Å². The lowest BCUT2D eigenvalue weighted by atomic mass is 10.1. The summed E-state index contributed by atoms with van der Waals surface area (Å²) < 4.78 is 10.2. The highest BCUT2D eigenvalue weighted by molar-refractivity contribution is 5.89. The number of hydrogen-bond acceptors (Lipinski definition) is 5. The molecule has 0 aliphatic rings. The molecule has 0 saturated carbocycles. The summed E-state index contributed by atoms with van der Waals surface area (Å²) in [6, 6.07) is 15.2. The van der Waals surface area contributed by atoms with E-state index in [4.69, 9.17) is 9.15 Å². The van der Waals surface area contributed by atoms with Gasteiger partial charge < -0.3 is 9.15 Å². The standard InChI is InChI=1S/C22H24N2O4/c1-4-27-22(26)23-18-9-10-19-17(11-21(25)28-20(19)12-18)14-24(3)13-16-7-5-15(2)6-8-16/h5-12H,4,13-14H2,1-3H3,(H,23,26). The number of rotatable bonds is 6. The van der Waals surface area contributed by atoms with Crippen LogP contribution < -0.4 is 10.9 Å². The first kappa shape index (κ1) is 19.6. The van der Waals surface area contributed by atoms with E-state index in [9.17, 15) is 9.59 Å². The maximum atomic E-state index is 12.0. The second-order valence-electron chi connectivity index (χ2n) is 6.80. The molecule has 3 aromatic rings. The van der Waals surface area contributed by atoms with Crippen molar-refractivity contribution in [2.45, 2.75) is 26.9 Å². The van der Waals surface area contributed by atoms with Crippen molar-refractivity contribution < 1.29 is 13.9 Å². The molecule has 0 saturated heterocycles. The summed E-state index contributed by atoms with van der Waals surface area (Å²) in [5.74, 6) is 0. The smallest absolute Gasteiger partial charge is 0.411 e. The van der Waals surface area contributed by atoms with E-state index in [1.165, 1.54) is 17.2 Å². The summed E-state index contributed by atoms with van der Waals surface area (Å²) in [6.07, 6.45) is -0.543. The largest absolute Gasteiger partial charge is 0.450 e. The minimum Gasteiger partial charge on any atom is -0.450 e. The highest BCUT2D eigenvalue weighted by Crippen LogP contribution is 2.23. The summed E-state index contributed by atoms with van der Waals surface area (Å²) in [5, 5.41) is 3.46. The van der Waals surface area contributed by atoms with Crippen molar-refractivity contribution in [2.24, 2.45) is 0 Å². The van der Waals surface area contributed by atoms with Crippen LogP contribution in [-0.2, 0) is 17.8 Å². The van der Waals surface area contributed by atoms with Crippen LogP contribution in [0.3, 0.4) is 0 Å². The molecule has 0 aliphatic carbocycles. The number of anilines is 1. The van der Waals surface area contributed by atoms with Crippen molar-refractivity contribution in [1.82, 2.24) is 4.90 Å². The summed E-state index contributed by atoms with van der Waals surface area (Å²) in [4.78, 5) is 25.8. The van der Waals surface area contributed by atoms with Gasteiger partial charge in [-0.15, -0.1) is 0 Å². The number of aryl methyl sites for hydroxylation is 1. The third-order valence-corrected chi connectivity index (χ3v) is 4.37. The number of nitrogens with zero attached hydrogens (tertiary/aromatic N) is 1. The molecule has 6 heteroatoms. The molecule has 0 spiro atoms. The molecule has 2 aromatic carbocycles. The number of benzene rings is 2. The summed E-state index contributed by atoms with van der Waals surface area (Å²) >= 11 is 0.